The fourth-order valence-corrected chi connectivity index (χ4v) is 28.9. The Kier molecular flexibility index (Phi) is 14.0. The zero-order valence-corrected chi connectivity index (χ0v) is 29.3. The lowest BCUT2D eigenvalue weighted by atomic mass is 10.5. The van der Waals surface area contributed by atoms with Crippen molar-refractivity contribution in [2.45, 2.75) is 19.4 Å². The fourth-order valence-electron chi connectivity index (χ4n) is 1.25. The highest BCUT2D eigenvalue weighted by molar-refractivity contribution is 9.72. The average Bonchev–Trinajstić information content (AvgIpc) is 2.16. The number of carbonyl (C=O) groups is 1. The number of esters is 1. The Morgan fingerprint density at radius 1 is 0.783 bits per heavy atom. The number of ether oxygens (including phenoxy) is 1. The molecule has 23 heavy (non-hydrogen) atoms. The van der Waals surface area contributed by atoms with E-state index in [9.17, 15) is 4.79 Å². The molecule has 0 aliphatic heterocycles. The minimum Gasteiger partial charge on any atom is -0.466 e. The molecular weight excluding hydrogens is 972 g/mol. The van der Waals surface area contributed by atoms with E-state index in [1.807, 2.05) is 0 Å². The summed E-state index contributed by atoms with van der Waals surface area (Å²) in [5, 5.41) is 0. The standard InChI is InChI=1S/C5H9Br9O5Si4/c1-5(15)16-3-2-4-20(17-21(6,7)8,18-22(9,10)11)19-23(12,13)14/h2-4H2,1H3. The average molecular weight is 981 g/mol. The molecule has 0 spiro atoms. The topological polar surface area (TPSA) is 54.0 Å². The lowest BCUT2D eigenvalue weighted by Crippen LogP contribution is -2.56. The molecule has 5 nitrogen and oxygen atoms in total. The van der Waals surface area contributed by atoms with Gasteiger partial charge < -0.3 is 17.1 Å². The van der Waals surface area contributed by atoms with E-state index in [1.54, 1.807) is 0 Å². The summed E-state index contributed by atoms with van der Waals surface area (Å²) in [5.74, 6) is -0.333. The maximum absolute atomic E-state index is 10.9. The van der Waals surface area contributed by atoms with Gasteiger partial charge in [-0.15, -0.1) is 0 Å². The summed E-state index contributed by atoms with van der Waals surface area (Å²) < 4.78 is 15.8. The van der Waals surface area contributed by atoms with Gasteiger partial charge in [-0.05, 0) is 6.42 Å². The van der Waals surface area contributed by atoms with Crippen molar-refractivity contribution in [2.75, 3.05) is 6.61 Å². The highest BCUT2D eigenvalue weighted by Crippen LogP contribution is 2.43. The molecule has 0 saturated carbocycles. The van der Waals surface area contributed by atoms with Gasteiger partial charge in [-0.1, -0.05) is 138 Å². The molecule has 0 atom stereocenters. The zero-order chi connectivity index (χ0) is 18.5. The molecule has 0 fully saturated rings. The number of rotatable bonds is 10. The van der Waals surface area contributed by atoms with Crippen molar-refractivity contribution in [2.24, 2.45) is 0 Å². The van der Waals surface area contributed by atoms with E-state index in [1.165, 1.54) is 6.92 Å². The maximum atomic E-state index is 10.9. The minimum absolute atomic E-state index is 0.254. The van der Waals surface area contributed by atoms with Gasteiger partial charge >= 0.3 is 27.3 Å². The van der Waals surface area contributed by atoms with E-state index in [4.69, 9.17) is 17.1 Å². The van der Waals surface area contributed by atoms with Crippen LogP contribution in [0.15, 0.2) is 0 Å². The van der Waals surface area contributed by atoms with Gasteiger partial charge in [0.2, 0.25) is 0 Å². The Bertz CT molecular complexity index is 354. The van der Waals surface area contributed by atoms with Gasteiger partial charge in [0.25, 0.3) is 0 Å². The molecule has 0 aliphatic carbocycles. The molecule has 0 N–H and O–H groups in total. The summed E-state index contributed by atoms with van der Waals surface area (Å²) in [6.45, 7) is 1.62. The van der Waals surface area contributed by atoms with Crippen molar-refractivity contribution in [3.05, 3.63) is 0 Å². The van der Waals surface area contributed by atoms with Crippen LogP contribution < -0.4 is 0 Å². The molecule has 0 aromatic heterocycles. The van der Waals surface area contributed by atoms with E-state index in [2.05, 4.69) is 138 Å². The second kappa shape index (κ2) is 11.7. The first kappa shape index (κ1) is 27.5. The molecule has 0 saturated heterocycles. The number of carbonyl (C=O) groups excluding carboxylic acids is 1. The van der Waals surface area contributed by atoms with Gasteiger partial charge in [0.15, 0.2) is 0 Å². The Hall–Kier alpha value is 4.54. The van der Waals surface area contributed by atoms with Gasteiger partial charge in [-0.2, -0.15) is 0 Å². The molecule has 0 amide bonds. The quantitative estimate of drug-likeness (QED) is 0.105. The second-order valence-electron chi connectivity index (χ2n) is 3.77. The van der Waals surface area contributed by atoms with E-state index >= 15 is 0 Å². The summed E-state index contributed by atoms with van der Waals surface area (Å²) in [6.07, 6.45) is 0.526. The molecule has 0 bridgehead atoms. The minimum atomic E-state index is -3.20. The Morgan fingerprint density at radius 2 is 1.13 bits per heavy atom. The van der Waals surface area contributed by atoms with Crippen LogP contribution in [0.25, 0.3) is 0 Å². The number of hydrogen-bond acceptors (Lipinski definition) is 5. The van der Waals surface area contributed by atoms with Crippen LogP contribution in [0.4, 0.5) is 0 Å². The molecule has 18 heteroatoms. The molecule has 0 aromatic rings. The summed E-state index contributed by atoms with van der Waals surface area (Å²) in [4.78, 5) is 10.9. The summed E-state index contributed by atoms with van der Waals surface area (Å²) >= 11 is 31.0. The van der Waals surface area contributed by atoms with E-state index < -0.39 is 21.3 Å². The number of hydrogen-bond donors (Lipinski definition) is 0. The summed E-state index contributed by atoms with van der Waals surface area (Å²) in [7, 11) is -3.20. The monoisotopic (exact) mass is 971 g/mol. The van der Waals surface area contributed by atoms with Crippen LogP contribution in [0.2, 0.25) is 6.04 Å². The van der Waals surface area contributed by atoms with Crippen LogP contribution in [0, 0.1) is 0 Å². The lowest BCUT2D eigenvalue weighted by molar-refractivity contribution is -0.140. The SMILES string of the molecule is CC(=O)OCCC[Si](O[Si](Br)(Br)Br)(O[Si](Br)(Br)Br)O[Si](Br)(Br)Br. The molecule has 0 unspecified atom stereocenters. The summed E-state index contributed by atoms with van der Waals surface area (Å²) in [6, 6.07) is 0.437. The van der Waals surface area contributed by atoms with Crippen molar-refractivity contribution in [1.82, 2.24) is 0 Å². The highest BCUT2D eigenvalue weighted by Gasteiger charge is 2.55. The van der Waals surface area contributed by atoms with Crippen molar-refractivity contribution < 1.29 is 21.9 Å². The fraction of sp³-hybridized carbons (Fsp3) is 0.800. The highest BCUT2D eigenvalue weighted by atomic mass is 80.0. The van der Waals surface area contributed by atoms with E-state index in [-0.39, 0.29) is 12.6 Å². The predicted molar refractivity (Wildman–Crippen MR) is 133 cm³/mol. The first-order valence-corrected chi connectivity index (χ1v) is 33.4. The van der Waals surface area contributed by atoms with Gasteiger partial charge in [-0.3, -0.25) is 4.79 Å². The van der Waals surface area contributed by atoms with E-state index in [0.29, 0.717) is 12.5 Å². The van der Waals surface area contributed by atoms with E-state index in [0.717, 1.165) is 0 Å². The third-order valence-electron chi connectivity index (χ3n) is 1.75. The Morgan fingerprint density at radius 3 is 1.39 bits per heavy atom. The zero-order valence-electron chi connectivity index (χ0n) is 11.1. The van der Waals surface area contributed by atoms with Gasteiger partial charge in [-0.25, -0.2) is 0 Å². The lowest BCUT2D eigenvalue weighted by Gasteiger charge is -2.37. The predicted octanol–water partition coefficient (Wildman–Crippen LogP) is 6.79. The molecular formula is C5H9Br9O5Si4. The first-order valence-electron chi connectivity index (χ1n) is 5.48. The molecule has 0 aromatic carbocycles. The molecule has 0 aliphatic rings. The van der Waals surface area contributed by atoms with Gasteiger partial charge in [0.05, 0.1) is 6.61 Å². The third kappa shape index (κ3) is 17.1. The van der Waals surface area contributed by atoms with Crippen LogP contribution in [-0.4, -0.2) is 33.9 Å². The van der Waals surface area contributed by atoms with Crippen LogP contribution in [0.3, 0.4) is 0 Å². The van der Waals surface area contributed by atoms with Gasteiger partial charge in [0, 0.05) is 13.0 Å². The molecule has 0 radical (unpaired) electrons. The summed E-state index contributed by atoms with van der Waals surface area (Å²) in [5.41, 5.74) is 0. The van der Waals surface area contributed by atoms with Crippen molar-refractivity contribution in [3.8, 4) is 0 Å². The third-order valence-corrected chi connectivity index (χ3v) is 22.3. The largest absolute Gasteiger partial charge is 0.474 e. The Balaban J connectivity index is 5.32. The second-order valence-corrected chi connectivity index (χ2v) is 69.6. The van der Waals surface area contributed by atoms with Crippen LogP contribution >= 0.6 is 138 Å². The maximum Gasteiger partial charge on any atom is 0.474 e. The van der Waals surface area contributed by atoms with Crippen LogP contribution in [0.5, 0.6) is 0 Å². The van der Waals surface area contributed by atoms with Crippen LogP contribution in [0.1, 0.15) is 13.3 Å². The molecule has 0 heterocycles. The smallest absolute Gasteiger partial charge is 0.466 e. The van der Waals surface area contributed by atoms with Crippen molar-refractivity contribution in [3.63, 3.8) is 0 Å². The van der Waals surface area contributed by atoms with Gasteiger partial charge in [0.1, 0.15) is 0 Å². The molecule has 138 valence electrons. The molecule has 0 rings (SSSR count). The van der Waals surface area contributed by atoms with Crippen LogP contribution in [-0.2, 0) is 21.9 Å². The first-order chi connectivity index (χ1) is 10.0. The normalized spacial score (nSPS) is 14.0. The Labute approximate surface area is 209 Å². The van der Waals surface area contributed by atoms with Crippen molar-refractivity contribution in [1.29, 1.82) is 0 Å². The van der Waals surface area contributed by atoms with Crippen molar-refractivity contribution >= 4 is 165 Å². The number of halogens is 9.